The number of nitrogens with two attached hydrogens (primary N) is 1. The highest BCUT2D eigenvalue weighted by Gasteiger charge is 2.47. The molecule has 1 fully saturated rings. The van der Waals surface area contributed by atoms with Crippen molar-refractivity contribution in [2.24, 2.45) is 5.84 Å². The average molecular weight is 262 g/mol. The molecule has 1 amide bonds. The number of carbonyl (C=O) groups excluding carboxylic acids is 1. The third-order valence-electron chi connectivity index (χ3n) is 4.52. The molecule has 0 spiro atoms. The smallest absolute Gasteiger partial charge is 0.244 e. The van der Waals surface area contributed by atoms with Crippen molar-refractivity contribution in [1.82, 2.24) is 5.43 Å². The van der Waals surface area contributed by atoms with Crippen LogP contribution in [0, 0.1) is 20.8 Å². The fraction of sp³-hybridized carbons (Fsp3) is 0.533. The molecule has 4 heteroatoms. The van der Waals surface area contributed by atoms with E-state index in [1.54, 1.807) is 7.11 Å². The molecule has 4 nitrogen and oxygen atoms in total. The van der Waals surface area contributed by atoms with E-state index in [2.05, 4.69) is 12.3 Å². The van der Waals surface area contributed by atoms with Crippen LogP contribution in [-0.2, 0) is 10.2 Å². The highest BCUT2D eigenvalue weighted by molar-refractivity contribution is 5.90. The summed E-state index contributed by atoms with van der Waals surface area (Å²) in [5.74, 6) is 6.18. The number of benzene rings is 1. The normalized spacial score (nSPS) is 16.7. The lowest BCUT2D eigenvalue weighted by molar-refractivity contribution is -0.130. The first-order valence-corrected chi connectivity index (χ1v) is 6.64. The van der Waals surface area contributed by atoms with Gasteiger partial charge in [0.05, 0.1) is 12.5 Å². The van der Waals surface area contributed by atoms with Gasteiger partial charge in [-0.2, -0.15) is 0 Å². The van der Waals surface area contributed by atoms with Crippen LogP contribution >= 0.6 is 0 Å². The SMILES string of the molecule is COc1cc(C)c(C2(C(=O)NN)CCC2)c(C)c1C. The van der Waals surface area contributed by atoms with E-state index in [0.717, 1.165) is 47.3 Å². The molecular formula is C15H22N2O2. The lowest BCUT2D eigenvalue weighted by Crippen LogP contribution is -2.52. The molecule has 19 heavy (non-hydrogen) atoms. The molecule has 104 valence electrons. The largest absolute Gasteiger partial charge is 0.496 e. The Labute approximate surface area is 114 Å². The molecule has 1 saturated carbocycles. The number of aryl methyl sites for hydroxylation is 1. The fourth-order valence-corrected chi connectivity index (χ4v) is 3.25. The third kappa shape index (κ3) is 1.91. The Bertz CT molecular complexity index is 519. The quantitative estimate of drug-likeness (QED) is 0.497. The zero-order valence-corrected chi connectivity index (χ0v) is 12.1. The van der Waals surface area contributed by atoms with E-state index < -0.39 is 5.41 Å². The molecule has 0 saturated heterocycles. The molecule has 0 bridgehead atoms. The number of methoxy groups -OCH3 is 1. The Morgan fingerprint density at radius 2 is 1.95 bits per heavy atom. The maximum Gasteiger partial charge on any atom is 0.244 e. The van der Waals surface area contributed by atoms with Gasteiger partial charge in [-0.15, -0.1) is 0 Å². The van der Waals surface area contributed by atoms with Crippen LogP contribution < -0.4 is 16.0 Å². The second kappa shape index (κ2) is 4.85. The van der Waals surface area contributed by atoms with Crippen molar-refractivity contribution in [3.8, 4) is 5.75 Å². The summed E-state index contributed by atoms with van der Waals surface area (Å²) >= 11 is 0. The van der Waals surface area contributed by atoms with E-state index in [-0.39, 0.29) is 5.91 Å². The van der Waals surface area contributed by atoms with Crippen LogP contribution in [0.25, 0.3) is 0 Å². The molecule has 1 aromatic rings. The number of hydrazine groups is 1. The van der Waals surface area contributed by atoms with Gasteiger partial charge in [0.1, 0.15) is 5.75 Å². The summed E-state index contributed by atoms with van der Waals surface area (Å²) in [7, 11) is 1.67. The summed E-state index contributed by atoms with van der Waals surface area (Å²) in [4.78, 5) is 12.2. The predicted molar refractivity (Wildman–Crippen MR) is 75.1 cm³/mol. The summed E-state index contributed by atoms with van der Waals surface area (Å²) in [5, 5.41) is 0. The minimum atomic E-state index is -0.444. The molecule has 0 unspecified atom stereocenters. The molecule has 1 aliphatic rings. The second-order valence-corrected chi connectivity index (χ2v) is 5.43. The minimum absolute atomic E-state index is 0.0745. The van der Waals surface area contributed by atoms with Crippen molar-refractivity contribution in [2.45, 2.75) is 45.4 Å². The van der Waals surface area contributed by atoms with Crippen molar-refractivity contribution in [1.29, 1.82) is 0 Å². The Morgan fingerprint density at radius 1 is 1.32 bits per heavy atom. The average Bonchev–Trinajstić information content (AvgIpc) is 2.35. The monoisotopic (exact) mass is 262 g/mol. The molecule has 0 heterocycles. The Hall–Kier alpha value is -1.55. The van der Waals surface area contributed by atoms with Crippen LogP contribution in [0.3, 0.4) is 0 Å². The minimum Gasteiger partial charge on any atom is -0.496 e. The number of ether oxygens (including phenoxy) is 1. The first-order valence-electron chi connectivity index (χ1n) is 6.64. The number of carbonyl (C=O) groups is 1. The van der Waals surface area contributed by atoms with Crippen molar-refractivity contribution < 1.29 is 9.53 Å². The summed E-state index contributed by atoms with van der Waals surface area (Å²) < 4.78 is 5.39. The van der Waals surface area contributed by atoms with E-state index in [1.165, 1.54) is 0 Å². The molecule has 0 atom stereocenters. The zero-order valence-electron chi connectivity index (χ0n) is 12.1. The number of rotatable bonds is 3. The summed E-state index contributed by atoms with van der Waals surface area (Å²) in [6, 6.07) is 2.02. The third-order valence-corrected chi connectivity index (χ3v) is 4.52. The van der Waals surface area contributed by atoms with Gasteiger partial charge in [0, 0.05) is 0 Å². The summed E-state index contributed by atoms with van der Waals surface area (Å²) in [6.07, 6.45) is 2.80. The molecule has 3 N–H and O–H groups in total. The zero-order chi connectivity index (χ0) is 14.2. The number of amides is 1. The van der Waals surface area contributed by atoms with Crippen molar-refractivity contribution in [2.75, 3.05) is 7.11 Å². The molecule has 0 radical (unpaired) electrons. The highest BCUT2D eigenvalue weighted by atomic mass is 16.5. The summed E-state index contributed by atoms with van der Waals surface area (Å²) in [5.41, 5.74) is 6.35. The van der Waals surface area contributed by atoms with Crippen molar-refractivity contribution in [3.63, 3.8) is 0 Å². The number of hydrogen-bond acceptors (Lipinski definition) is 3. The Morgan fingerprint density at radius 3 is 2.37 bits per heavy atom. The lowest BCUT2D eigenvalue weighted by Gasteiger charge is -2.42. The van der Waals surface area contributed by atoms with E-state index >= 15 is 0 Å². The molecule has 0 aliphatic heterocycles. The van der Waals surface area contributed by atoms with Crippen LogP contribution in [-0.4, -0.2) is 13.0 Å². The number of nitrogens with one attached hydrogen (secondary N) is 1. The van der Waals surface area contributed by atoms with Gasteiger partial charge in [0.2, 0.25) is 5.91 Å². The maximum absolute atomic E-state index is 12.2. The molecular weight excluding hydrogens is 240 g/mol. The molecule has 0 aromatic heterocycles. The van der Waals surface area contributed by atoms with E-state index in [9.17, 15) is 4.79 Å². The van der Waals surface area contributed by atoms with Gasteiger partial charge in [-0.1, -0.05) is 6.42 Å². The topological polar surface area (TPSA) is 64.3 Å². The highest BCUT2D eigenvalue weighted by Crippen LogP contribution is 2.48. The van der Waals surface area contributed by atoms with Gasteiger partial charge in [0.15, 0.2) is 0 Å². The van der Waals surface area contributed by atoms with Gasteiger partial charge in [-0.3, -0.25) is 10.2 Å². The van der Waals surface area contributed by atoms with Crippen LogP contribution in [0.1, 0.15) is 41.5 Å². The standard InChI is InChI=1S/C15H22N2O2/c1-9-8-12(19-4)10(2)11(3)13(9)15(6-5-7-15)14(18)17-16/h8H,5-7,16H2,1-4H3,(H,17,18). The van der Waals surface area contributed by atoms with Gasteiger partial charge >= 0.3 is 0 Å². The molecule has 2 rings (SSSR count). The van der Waals surface area contributed by atoms with Gasteiger partial charge in [0.25, 0.3) is 0 Å². The first kappa shape index (κ1) is 13.9. The van der Waals surface area contributed by atoms with Crippen molar-refractivity contribution in [3.05, 3.63) is 28.3 Å². The van der Waals surface area contributed by atoms with Crippen LogP contribution in [0.15, 0.2) is 6.07 Å². The summed E-state index contributed by atoms with van der Waals surface area (Å²) in [6.45, 7) is 6.13. The lowest BCUT2D eigenvalue weighted by atomic mass is 9.61. The van der Waals surface area contributed by atoms with Gasteiger partial charge in [-0.05, 0) is 61.9 Å². The maximum atomic E-state index is 12.2. The molecule has 1 aliphatic carbocycles. The number of hydrogen-bond donors (Lipinski definition) is 2. The first-order chi connectivity index (χ1) is 8.97. The Balaban J connectivity index is 2.62. The van der Waals surface area contributed by atoms with E-state index in [4.69, 9.17) is 10.6 Å². The fourth-order valence-electron chi connectivity index (χ4n) is 3.25. The van der Waals surface area contributed by atoms with Crippen LogP contribution in [0.5, 0.6) is 5.75 Å². The van der Waals surface area contributed by atoms with Crippen molar-refractivity contribution >= 4 is 5.91 Å². The van der Waals surface area contributed by atoms with E-state index in [1.807, 2.05) is 19.9 Å². The van der Waals surface area contributed by atoms with Crippen LogP contribution in [0.4, 0.5) is 0 Å². The van der Waals surface area contributed by atoms with Gasteiger partial charge < -0.3 is 4.74 Å². The second-order valence-electron chi connectivity index (χ2n) is 5.43. The molecule has 1 aromatic carbocycles. The van der Waals surface area contributed by atoms with E-state index in [0.29, 0.717) is 0 Å². The Kier molecular flexibility index (Phi) is 3.54. The predicted octanol–water partition coefficient (Wildman–Crippen LogP) is 2.03. The van der Waals surface area contributed by atoms with Crippen LogP contribution in [0.2, 0.25) is 0 Å². The van der Waals surface area contributed by atoms with Gasteiger partial charge in [-0.25, -0.2) is 5.84 Å².